The van der Waals surface area contributed by atoms with Gasteiger partial charge in [-0.2, -0.15) is 0 Å². The smallest absolute Gasteiger partial charge is 0.289 e. The number of amides is 1. The average molecular weight is 346 g/mol. The first kappa shape index (κ1) is 16.5. The molecule has 2 fully saturated rings. The first-order valence-electron chi connectivity index (χ1n) is 8.96. The van der Waals surface area contributed by atoms with Crippen molar-refractivity contribution in [3.8, 4) is 0 Å². The van der Waals surface area contributed by atoms with Gasteiger partial charge in [0.05, 0.1) is 13.2 Å². The SMILES string of the molecule is CC[C@@H]1CN(C(=O)c2cc3cccc(F)c3o2)C[C@@H]1N1CCOCC1. The fourth-order valence-corrected chi connectivity index (χ4v) is 4.03. The number of carbonyl (C=O) groups excluding carboxylic acids is 1. The summed E-state index contributed by atoms with van der Waals surface area (Å²) in [5.74, 6) is 0.0844. The number of rotatable bonds is 3. The molecule has 1 amide bonds. The van der Waals surface area contributed by atoms with Gasteiger partial charge in [0, 0.05) is 37.6 Å². The van der Waals surface area contributed by atoms with Gasteiger partial charge in [0.25, 0.3) is 5.91 Å². The lowest BCUT2D eigenvalue weighted by atomic mass is 9.99. The summed E-state index contributed by atoms with van der Waals surface area (Å²) in [7, 11) is 0. The Balaban J connectivity index is 1.54. The number of carbonyl (C=O) groups is 1. The molecule has 0 radical (unpaired) electrons. The molecule has 1 aromatic carbocycles. The lowest BCUT2D eigenvalue weighted by Crippen LogP contribution is -2.47. The zero-order chi connectivity index (χ0) is 17.4. The third-order valence-electron chi connectivity index (χ3n) is 5.44. The number of hydrogen-bond acceptors (Lipinski definition) is 4. The number of nitrogens with zero attached hydrogens (tertiary/aromatic N) is 2. The molecule has 2 saturated heterocycles. The maximum absolute atomic E-state index is 13.8. The van der Waals surface area contributed by atoms with E-state index in [1.807, 2.05) is 4.90 Å². The second-order valence-corrected chi connectivity index (χ2v) is 6.86. The van der Waals surface area contributed by atoms with Crippen LogP contribution in [-0.2, 0) is 4.74 Å². The van der Waals surface area contributed by atoms with Gasteiger partial charge in [-0.1, -0.05) is 25.5 Å². The summed E-state index contributed by atoms with van der Waals surface area (Å²) in [6, 6.07) is 6.73. The first-order valence-corrected chi connectivity index (χ1v) is 8.96. The molecule has 0 N–H and O–H groups in total. The number of benzene rings is 1. The Bertz CT molecular complexity index is 769. The van der Waals surface area contributed by atoms with Gasteiger partial charge in [0.1, 0.15) is 0 Å². The molecular weight excluding hydrogens is 323 g/mol. The molecule has 0 spiro atoms. The number of morpholine rings is 1. The summed E-state index contributed by atoms with van der Waals surface area (Å²) in [4.78, 5) is 17.2. The highest BCUT2D eigenvalue weighted by Crippen LogP contribution is 2.29. The fourth-order valence-electron chi connectivity index (χ4n) is 4.03. The van der Waals surface area contributed by atoms with Crippen molar-refractivity contribution < 1.29 is 18.3 Å². The van der Waals surface area contributed by atoms with Crippen molar-refractivity contribution in [2.75, 3.05) is 39.4 Å². The molecule has 0 aliphatic carbocycles. The van der Waals surface area contributed by atoms with Gasteiger partial charge in [0.2, 0.25) is 0 Å². The molecule has 6 heteroatoms. The number of fused-ring (bicyclic) bond motifs is 1. The Morgan fingerprint density at radius 3 is 2.80 bits per heavy atom. The summed E-state index contributed by atoms with van der Waals surface area (Å²) in [5.41, 5.74) is 0.154. The molecule has 25 heavy (non-hydrogen) atoms. The monoisotopic (exact) mass is 346 g/mol. The molecule has 5 nitrogen and oxygen atoms in total. The van der Waals surface area contributed by atoms with Gasteiger partial charge in [-0.05, 0) is 18.1 Å². The topological polar surface area (TPSA) is 45.9 Å². The molecular formula is C19H23FN2O3. The Hall–Kier alpha value is -1.92. The number of furan rings is 1. The van der Waals surface area contributed by atoms with E-state index in [4.69, 9.17) is 9.15 Å². The number of hydrogen-bond donors (Lipinski definition) is 0. The Kier molecular flexibility index (Phi) is 4.48. The predicted octanol–water partition coefficient (Wildman–Crippen LogP) is 2.75. The van der Waals surface area contributed by atoms with Crippen LogP contribution >= 0.6 is 0 Å². The van der Waals surface area contributed by atoms with E-state index in [2.05, 4.69) is 11.8 Å². The highest BCUT2D eigenvalue weighted by molar-refractivity contribution is 5.96. The minimum Gasteiger partial charge on any atom is -0.448 e. The molecule has 1 aromatic heterocycles. The summed E-state index contributed by atoms with van der Waals surface area (Å²) >= 11 is 0. The van der Waals surface area contributed by atoms with Crippen LogP contribution in [-0.4, -0.2) is 61.1 Å². The molecule has 2 aliphatic heterocycles. The van der Waals surface area contributed by atoms with Crippen LogP contribution in [0, 0.1) is 11.7 Å². The second kappa shape index (κ2) is 6.77. The summed E-state index contributed by atoms with van der Waals surface area (Å²) in [5, 5.41) is 0.624. The Morgan fingerprint density at radius 2 is 2.08 bits per heavy atom. The maximum atomic E-state index is 13.8. The summed E-state index contributed by atoms with van der Waals surface area (Å²) in [6.07, 6.45) is 1.03. The number of ether oxygens (including phenoxy) is 1. The van der Waals surface area contributed by atoms with E-state index >= 15 is 0 Å². The van der Waals surface area contributed by atoms with Crippen molar-refractivity contribution in [1.29, 1.82) is 0 Å². The van der Waals surface area contributed by atoms with Crippen molar-refractivity contribution in [2.24, 2.45) is 5.92 Å². The van der Waals surface area contributed by atoms with Gasteiger partial charge in [0.15, 0.2) is 17.2 Å². The van der Waals surface area contributed by atoms with Crippen LogP contribution in [0.15, 0.2) is 28.7 Å². The Morgan fingerprint density at radius 1 is 1.28 bits per heavy atom. The fraction of sp³-hybridized carbons (Fsp3) is 0.526. The van der Waals surface area contributed by atoms with Crippen LogP contribution in [0.4, 0.5) is 4.39 Å². The van der Waals surface area contributed by atoms with E-state index in [-0.39, 0.29) is 17.3 Å². The second-order valence-electron chi connectivity index (χ2n) is 6.86. The standard InChI is InChI=1S/C19H23FN2O3/c1-2-13-11-22(12-16(13)21-6-8-24-9-7-21)19(23)17-10-14-4-3-5-15(20)18(14)25-17/h3-5,10,13,16H,2,6-9,11-12H2,1H3/t13-,16+/m1/s1. The van der Waals surface area contributed by atoms with Crippen molar-refractivity contribution in [3.63, 3.8) is 0 Å². The van der Waals surface area contributed by atoms with Crippen molar-refractivity contribution in [2.45, 2.75) is 19.4 Å². The maximum Gasteiger partial charge on any atom is 0.289 e. The van der Waals surface area contributed by atoms with Crippen molar-refractivity contribution in [1.82, 2.24) is 9.80 Å². The largest absolute Gasteiger partial charge is 0.448 e. The van der Waals surface area contributed by atoms with E-state index in [0.29, 0.717) is 23.9 Å². The predicted molar refractivity (Wildman–Crippen MR) is 92.0 cm³/mol. The zero-order valence-corrected chi connectivity index (χ0v) is 14.4. The third-order valence-corrected chi connectivity index (χ3v) is 5.44. The van der Waals surface area contributed by atoms with Crippen molar-refractivity contribution >= 4 is 16.9 Å². The molecule has 0 bridgehead atoms. The molecule has 2 atom stereocenters. The van der Waals surface area contributed by atoms with Crippen LogP contribution in [0.2, 0.25) is 0 Å². The lowest BCUT2D eigenvalue weighted by molar-refractivity contribution is 0.0102. The quantitative estimate of drug-likeness (QED) is 0.857. The molecule has 4 rings (SSSR count). The van der Waals surface area contributed by atoms with Crippen LogP contribution in [0.25, 0.3) is 11.0 Å². The number of halogens is 1. The van der Waals surface area contributed by atoms with E-state index in [9.17, 15) is 9.18 Å². The van der Waals surface area contributed by atoms with Crippen LogP contribution in [0.5, 0.6) is 0 Å². The van der Waals surface area contributed by atoms with Gasteiger partial charge >= 0.3 is 0 Å². The number of likely N-dealkylation sites (tertiary alicyclic amines) is 1. The van der Waals surface area contributed by atoms with E-state index in [1.165, 1.54) is 6.07 Å². The average Bonchev–Trinajstić information content (AvgIpc) is 3.27. The normalized spacial score (nSPS) is 25.0. The zero-order valence-electron chi connectivity index (χ0n) is 14.4. The van der Waals surface area contributed by atoms with Crippen LogP contribution in [0.3, 0.4) is 0 Å². The molecule has 3 heterocycles. The van der Waals surface area contributed by atoms with Crippen LogP contribution in [0.1, 0.15) is 23.9 Å². The molecule has 2 aliphatic rings. The van der Waals surface area contributed by atoms with E-state index in [1.54, 1.807) is 18.2 Å². The minimum atomic E-state index is -0.435. The van der Waals surface area contributed by atoms with Gasteiger partial charge in [-0.15, -0.1) is 0 Å². The van der Waals surface area contributed by atoms with Gasteiger partial charge in [-0.3, -0.25) is 9.69 Å². The summed E-state index contributed by atoms with van der Waals surface area (Å²) in [6.45, 7) is 6.92. The lowest BCUT2D eigenvalue weighted by Gasteiger charge is -2.34. The molecule has 0 unspecified atom stereocenters. The Labute approximate surface area is 146 Å². The molecule has 0 saturated carbocycles. The van der Waals surface area contributed by atoms with Gasteiger partial charge < -0.3 is 14.1 Å². The molecule has 134 valence electrons. The highest BCUT2D eigenvalue weighted by atomic mass is 19.1. The van der Waals surface area contributed by atoms with Crippen LogP contribution < -0.4 is 0 Å². The van der Waals surface area contributed by atoms with E-state index in [0.717, 1.165) is 39.3 Å². The summed E-state index contributed by atoms with van der Waals surface area (Å²) < 4.78 is 24.8. The number of para-hydroxylation sites is 1. The minimum absolute atomic E-state index is 0.148. The van der Waals surface area contributed by atoms with Gasteiger partial charge in [-0.25, -0.2) is 4.39 Å². The molecule has 2 aromatic rings. The van der Waals surface area contributed by atoms with Crippen molar-refractivity contribution in [3.05, 3.63) is 35.8 Å². The highest BCUT2D eigenvalue weighted by Gasteiger charge is 2.39. The first-order chi connectivity index (χ1) is 12.2. The van der Waals surface area contributed by atoms with E-state index < -0.39 is 5.82 Å². The third kappa shape index (κ3) is 3.04.